The molecule has 4 nitrogen and oxygen atoms in total. The van der Waals surface area contributed by atoms with Gasteiger partial charge in [0.2, 0.25) is 5.91 Å². The second kappa shape index (κ2) is 10.6. The predicted molar refractivity (Wildman–Crippen MR) is 135 cm³/mol. The highest BCUT2D eigenvalue weighted by atomic mass is 19.4. The van der Waals surface area contributed by atoms with Crippen molar-refractivity contribution in [2.75, 3.05) is 0 Å². The summed E-state index contributed by atoms with van der Waals surface area (Å²) in [5, 5.41) is 0. The minimum absolute atomic E-state index is 0.107. The number of rotatable bonds is 7. The molecule has 0 spiro atoms. The van der Waals surface area contributed by atoms with E-state index in [9.17, 15) is 31.1 Å². The van der Waals surface area contributed by atoms with Crippen LogP contribution in [0.1, 0.15) is 47.1 Å². The molecule has 2 bridgehead atoms. The highest BCUT2D eigenvalue weighted by molar-refractivity contribution is 5.78. The van der Waals surface area contributed by atoms with E-state index < -0.39 is 53.6 Å². The molecule has 2 aliphatic heterocycles. The van der Waals surface area contributed by atoms with Gasteiger partial charge in [-0.15, -0.1) is 0 Å². The Hall–Kier alpha value is -3.37. The van der Waals surface area contributed by atoms with Crippen LogP contribution >= 0.6 is 0 Å². The lowest BCUT2D eigenvalue weighted by Gasteiger charge is -2.50. The molecule has 0 aliphatic carbocycles. The molecule has 0 radical (unpaired) electrons. The van der Waals surface area contributed by atoms with Gasteiger partial charge in [0.25, 0.3) is 0 Å². The Labute approximate surface area is 227 Å². The second-order valence-corrected chi connectivity index (χ2v) is 10.5. The van der Waals surface area contributed by atoms with Gasteiger partial charge < -0.3 is 10.5 Å². The number of ether oxygens (including phenoxy) is 1. The van der Waals surface area contributed by atoms with E-state index in [1.807, 2.05) is 60.7 Å². The highest BCUT2D eigenvalue weighted by Crippen LogP contribution is 2.55. The van der Waals surface area contributed by atoms with Crippen LogP contribution in [0.3, 0.4) is 0 Å². The second-order valence-electron chi connectivity index (χ2n) is 10.5. The predicted octanol–water partition coefficient (Wildman–Crippen LogP) is 6.67. The highest BCUT2D eigenvalue weighted by Gasteiger charge is 2.61. The fourth-order valence-corrected chi connectivity index (χ4v) is 6.38. The molecule has 3 aromatic rings. The van der Waals surface area contributed by atoms with Gasteiger partial charge in [-0.1, -0.05) is 60.7 Å². The van der Waals surface area contributed by atoms with Gasteiger partial charge in [-0.3, -0.25) is 9.69 Å². The molecule has 40 heavy (non-hydrogen) atoms. The van der Waals surface area contributed by atoms with E-state index in [1.165, 1.54) is 0 Å². The molecule has 1 amide bonds. The molecule has 2 heterocycles. The van der Waals surface area contributed by atoms with Gasteiger partial charge in [0.15, 0.2) is 0 Å². The summed E-state index contributed by atoms with van der Waals surface area (Å²) in [5.74, 6) is -0.947. The number of piperidine rings is 1. The van der Waals surface area contributed by atoms with Crippen molar-refractivity contribution >= 4 is 5.91 Å². The minimum atomic E-state index is -4.95. The molecule has 4 atom stereocenters. The van der Waals surface area contributed by atoms with Gasteiger partial charge in [0.05, 0.1) is 35.3 Å². The molecule has 4 unspecified atom stereocenters. The van der Waals surface area contributed by atoms with Crippen LogP contribution in [0, 0.1) is 5.92 Å². The van der Waals surface area contributed by atoms with Gasteiger partial charge in [0, 0.05) is 12.6 Å². The van der Waals surface area contributed by atoms with Crippen molar-refractivity contribution in [2.45, 2.75) is 62.5 Å². The Morgan fingerprint density at radius 3 is 1.98 bits per heavy atom. The summed E-state index contributed by atoms with van der Waals surface area (Å²) in [4.78, 5) is 14.8. The summed E-state index contributed by atoms with van der Waals surface area (Å²) < 4.78 is 87.0. The van der Waals surface area contributed by atoms with Crippen molar-refractivity contribution in [3.8, 4) is 0 Å². The number of hydrogen-bond donors (Lipinski definition) is 1. The number of primary amides is 1. The number of fused-ring (bicyclic) bond motifs is 2. The molecule has 2 saturated heterocycles. The van der Waals surface area contributed by atoms with Crippen LogP contribution in [0.2, 0.25) is 0 Å². The molecule has 2 fully saturated rings. The monoisotopic (exact) mass is 562 g/mol. The van der Waals surface area contributed by atoms with Gasteiger partial charge in [0.1, 0.15) is 0 Å². The summed E-state index contributed by atoms with van der Waals surface area (Å²) in [6.07, 6.45) is -9.21. The molecule has 212 valence electrons. The lowest BCUT2D eigenvalue weighted by atomic mass is 9.78. The van der Waals surface area contributed by atoms with Crippen LogP contribution in [-0.4, -0.2) is 23.0 Å². The van der Waals surface area contributed by atoms with Crippen molar-refractivity contribution in [3.05, 3.63) is 107 Å². The zero-order valence-corrected chi connectivity index (χ0v) is 21.4. The molecule has 0 saturated carbocycles. The van der Waals surface area contributed by atoms with Crippen LogP contribution in [0.25, 0.3) is 0 Å². The number of nitrogens with zero attached hydrogens (tertiary/aromatic N) is 1. The lowest BCUT2D eigenvalue weighted by molar-refractivity contribution is -0.143. The number of benzene rings is 3. The molecule has 2 aliphatic rings. The third-order valence-electron chi connectivity index (χ3n) is 8.10. The molecule has 5 rings (SSSR count). The maximum Gasteiger partial charge on any atom is 0.416 e. The topological polar surface area (TPSA) is 55.6 Å². The first-order valence-electron chi connectivity index (χ1n) is 12.9. The average Bonchev–Trinajstić information content (AvgIpc) is 3.12. The van der Waals surface area contributed by atoms with E-state index in [0.29, 0.717) is 37.9 Å². The van der Waals surface area contributed by atoms with Crippen molar-refractivity contribution in [1.82, 2.24) is 4.90 Å². The number of amides is 1. The van der Waals surface area contributed by atoms with Gasteiger partial charge in [-0.25, -0.2) is 0 Å². The Balaban J connectivity index is 1.54. The zero-order valence-electron chi connectivity index (χ0n) is 21.4. The third kappa shape index (κ3) is 5.34. The summed E-state index contributed by atoms with van der Waals surface area (Å²) in [6, 6.07) is 20.3. The van der Waals surface area contributed by atoms with Gasteiger partial charge in [-0.2, -0.15) is 26.3 Å². The van der Waals surface area contributed by atoms with E-state index in [4.69, 9.17) is 10.5 Å². The number of nitrogens with two attached hydrogens (primary N) is 1. The van der Waals surface area contributed by atoms with E-state index in [2.05, 4.69) is 4.90 Å². The maximum absolute atomic E-state index is 13.5. The smallest absolute Gasteiger partial charge is 0.371 e. The lowest BCUT2D eigenvalue weighted by Crippen LogP contribution is -2.56. The number of carbonyl (C=O) groups excluding carboxylic acids is 1. The average molecular weight is 563 g/mol. The first-order valence-corrected chi connectivity index (χ1v) is 12.9. The standard InChI is InChI=1S/C30H28F6N2O2/c31-29(32,33)22-13-20(14-23(15-22)30(34,35)36)18-40-26-12-11-25-24(27(37)39)16-28(26,21-9-5-2-6-10-21)38(25)17-19-7-3-1-4-8-19/h1-10,13-15,24-26H,11-12,16-18H2,(H2,37,39). The van der Waals surface area contributed by atoms with Gasteiger partial charge >= 0.3 is 12.4 Å². The van der Waals surface area contributed by atoms with E-state index in [0.717, 1.165) is 11.1 Å². The molecular formula is C30H28F6N2O2. The van der Waals surface area contributed by atoms with E-state index in [1.54, 1.807) is 0 Å². The Kier molecular flexibility index (Phi) is 7.43. The number of halogens is 6. The number of hydrogen-bond acceptors (Lipinski definition) is 3. The Bertz CT molecular complexity index is 1310. The first kappa shape index (κ1) is 28.2. The quantitative estimate of drug-likeness (QED) is 0.327. The first-order chi connectivity index (χ1) is 18.9. The van der Waals surface area contributed by atoms with Gasteiger partial charge in [-0.05, 0) is 54.2 Å². The number of carbonyl (C=O) groups is 1. The van der Waals surface area contributed by atoms with Crippen molar-refractivity contribution in [2.24, 2.45) is 11.7 Å². The Morgan fingerprint density at radius 2 is 1.43 bits per heavy atom. The van der Waals surface area contributed by atoms with Crippen LogP contribution in [0.5, 0.6) is 0 Å². The summed E-state index contributed by atoms with van der Waals surface area (Å²) in [7, 11) is 0. The van der Waals surface area contributed by atoms with Crippen LogP contribution in [0.4, 0.5) is 26.3 Å². The normalized spacial score (nSPS) is 25.2. The van der Waals surface area contributed by atoms with Crippen molar-refractivity contribution in [1.29, 1.82) is 0 Å². The number of alkyl halides is 6. The maximum atomic E-state index is 13.5. The van der Waals surface area contributed by atoms with E-state index >= 15 is 0 Å². The molecule has 10 heteroatoms. The molecule has 2 N–H and O–H groups in total. The van der Waals surface area contributed by atoms with Crippen LogP contribution in [-0.2, 0) is 40.6 Å². The Morgan fingerprint density at radius 1 is 0.850 bits per heavy atom. The zero-order chi connectivity index (χ0) is 28.7. The fraction of sp³-hybridized carbons (Fsp3) is 0.367. The summed E-state index contributed by atoms with van der Waals surface area (Å²) in [6.45, 7) is 0.00313. The van der Waals surface area contributed by atoms with Crippen molar-refractivity contribution < 1.29 is 35.9 Å². The third-order valence-corrected chi connectivity index (χ3v) is 8.10. The largest absolute Gasteiger partial charge is 0.416 e. The van der Waals surface area contributed by atoms with Crippen LogP contribution < -0.4 is 5.73 Å². The summed E-state index contributed by atoms with van der Waals surface area (Å²) in [5.41, 5.74) is 3.83. The molecule has 3 aromatic carbocycles. The molecule has 0 aromatic heterocycles. The fourth-order valence-electron chi connectivity index (χ4n) is 6.38. The SMILES string of the molecule is NC(=O)C1CC2(c3ccccc3)C(OCc3cc(C(F)(F)F)cc(C(F)(F)F)c3)CCC1N2Cc1ccccc1. The summed E-state index contributed by atoms with van der Waals surface area (Å²) >= 11 is 0. The van der Waals surface area contributed by atoms with Crippen LogP contribution in [0.15, 0.2) is 78.9 Å². The minimum Gasteiger partial charge on any atom is -0.371 e. The molecular weight excluding hydrogens is 534 g/mol. The van der Waals surface area contributed by atoms with Crippen molar-refractivity contribution in [3.63, 3.8) is 0 Å². The van der Waals surface area contributed by atoms with E-state index in [-0.39, 0.29) is 17.7 Å².